The molecule has 3 aliphatic heterocycles. The molecule has 17 heavy (non-hydrogen) atoms. The van der Waals surface area contributed by atoms with Crippen LogP contribution in [0.4, 0.5) is 0 Å². The zero-order valence-electron chi connectivity index (χ0n) is 10.7. The quantitative estimate of drug-likeness (QED) is 0.645. The van der Waals surface area contributed by atoms with Crippen LogP contribution < -0.4 is 0 Å². The first kappa shape index (κ1) is 14.9. The molecule has 0 N–H and O–H groups in total. The van der Waals surface area contributed by atoms with Crippen molar-refractivity contribution in [3.63, 3.8) is 0 Å². The molecule has 3 saturated heterocycles. The average molecular weight is 248 g/mol. The highest BCUT2D eigenvalue weighted by Gasteiger charge is 2.07. The first-order chi connectivity index (χ1) is 8.39. The number of hydrogen-bond acceptors (Lipinski definition) is 5. The van der Waals surface area contributed by atoms with Crippen molar-refractivity contribution in [2.45, 2.75) is 25.9 Å². The van der Waals surface area contributed by atoms with Gasteiger partial charge in [-0.2, -0.15) is 0 Å². The maximum atomic E-state index is 5.15. The van der Waals surface area contributed by atoms with E-state index in [0.717, 1.165) is 46.2 Å². The van der Waals surface area contributed by atoms with Crippen molar-refractivity contribution < 1.29 is 23.7 Å². The van der Waals surface area contributed by atoms with Gasteiger partial charge in [-0.3, -0.25) is 0 Å². The van der Waals surface area contributed by atoms with Gasteiger partial charge < -0.3 is 23.7 Å². The molecule has 0 aromatic rings. The second-order valence-electron chi connectivity index (χ2n) is 3.98. The molecule has 102 valence electrons. The van der Waals surface area contributed by atoms with E-state index in [9.17, 15) is 0 Å². The molecular formula is C12H24O5. The summed E-state index contributed by atoms with van der Waals surface area (Å²) in [7, 11) is 0. The standard InChI is InChI=1S/C5H10O.C4H8O2.C3H6O2/c1-5-3-2-4-6-5;1-2-6-4-3-5-1;1-2-5-3-4-1/h5H,2-4H2,1H3;1-4H2;1-3H2. The Hall–Kier alpha value is -0.200. The fourth-order valence-electron chi connectivity index (χ4n) is 1.47. The third kappa shape index (κ3) is 9.50. The molecule has 0 aliphatic carbocycles. The van der Waals surface area contributed by atoms with E-state index in [1.807, 2.05) is 0 Å². The van der Waals surface area contributed by atoms with Crippen LogP contribution in [0.25, 0.3) is 0 Å². The normalized spacial score (nSPS) is 27.7. The highest BCUT2D eigenvalue weighted by molar-refractivity contribution is 4.56. The molecule has 1 unspecified atom stereocenters. The van der Waals surface area contributed by atoms with Gasteiger partial charge in [-0.1, -0.05) is 0 Å². The van der Waals surface area contributed by atoms with Crippen molar-refractivity contribution in [1.29, 1.82) is 0 Å². The summed E-state index contributed by atoms with van der Waals surface area (Å²) in [6.07, 6.45) is 3.08. The maximum absolute atomic E-state index is 5.15. The molecule has 3 fully saturated rings. The smallest absolute Gasteiger partial charge is 0.146 e. The molecule has 3 aliphatic rings. The highest BCUT2D eigenvalue weighted by Crippen LogP contribution is 2.09. The monoisotopic (exact) mass is 248 g/mol. The lowest BCUT2D eigenvalue weighted by Crippen LogP contribution is -2.16. The summed E-state index contributed by atoms with van der Waals surface area (Å²) in [5.74, 6) is 0. The predicted octanol–water partition coefficient (Wildman–Crippen LogP) is 1.21. The van der Waals surface area contributed by atoms with Gasteiger partial charge in [-0.25, -0.2) is 0 Å². The van der Waals surface area contributed by atoms with Crippen molar-refractivity contribution >= 4 is 0 Å². The lowest BCUT2D eigenvalue weighted by molar-refractivity contribution is -0.0334. The van der Waals surface area contributed by atoms with E-state index in [2.05, 4.69) is 6.92 Å². The summed E-state index contributed by atoms with van der Waals surface area (Å²) >= 11 is 0. The van der Waals surface area contributed by atoms with Crippen LogP contribution in [0.3, 0.4) is 0 Å². The van der Waals surface area contributed by atoms with Crippen molar-refractivity contribution in [1.82, 2.24) is 0 Å². The van der Waals surface area contributed by atoms with Gasteiger partial charge in [0.1, 0.15) is 6.79 Å². The lowest BCUT2D eigenvalue weighted by Gasteiger charge is -2.09. The Kier molecular flexibility index (Phi) is 9.55. The van der Waals surface area contributed by atoms with Crippen LogP contribution in [-0.2, 0) is 23.7 Å². The van der Waals surface area contributed by atoms with Crippen LogP contribution in [0.15, 0.2) is 0 Å². The molecule has 3 heterocycles. The van der Waals surface area contributed by atoms with Crippen LogP contribution in [0, 0.1) is 0 Å². The van der Waals surface area contributed by atoms with Crippen molar-refractivity contribution in [3.05, 3.63) is 0 Å². The van der Waals surface area contributed by atoms with Gasteiger partial charge in [0.05, 0.1) is 45.7 Å². The molecule has 5 nitrogen and oxygen atoms in total. The molecule has 0 bridgehead atoms. The number of hydrogen-bond donors (Lipinski definition) is 0. The molecule has 0 aromatic heterocycles. The van der Waals surface area contributed by atoms with Crippen molar-refractivity contribution in [3.8, 4) is 0 Å². The van der Waals surface area contributed by atoms with Crippen LogP contribution >= 0.6 is 0 Å². The Morgan fingerprint density at radius 2 is 1.24 bits per heavy atom. The zero-order chi connectivity index (χ0) is 12.2. The number of ether oxygens (including phenoxy) is 5. The fourth-order valence-corrected chi connectivity index (χ4v) is 1.47. The minimum atomic E-state index is 0.500. The molecule has 5 heteroatoms. The second-order valence-corrected chi connectivity index (χ2v) is 3.98. The Morgan fingerprint density at radius 3 is 1.41 bits per heavy atom. The van der Waals surface area contributed by atoms with E-state index < -0.39 is 0 Å². The van der Waals surface area contributed by atoms with Gasteiger partial charge in [0.25, 0.3) is 0 Å². The van der Waals surface area contributed by atoms with Crippen LogP contribution in [0.5, 0.6) is 0 Å². The van der Waals surface area contributed by atoms with Gasteiger partial charge in [0.15, 0.2) is 0 Å². The molecular weight excluding hydrogens is 224 g/mol. The molecule has 1 atom stereocenters. The van der Waals surface area contributed by atoms with Gasteiger partial charge in [-0.05, 0) is 19.8 Å². The van der Waals surface area contributed by atoms with Crippen LogP contribution in [0.2, 0.25) is 0 Å². The lowest BCUT2D eigenvalue weighted by atomic mass is 10.3. The van der Waals surface area contributed by atoms with E-state index in [-0.39, 0.29) is 0 Å². The first-order valence-electron chi connectivity index (χ1n) is 6.32. The summed E-state index contributed by atoms with van der Waals surface area (Å²) in [6.45, 7) is 8.27. The fraction of sp³-hybridized carbons (Fsp3) is 1.00. The summed E-state index contributed by atoms with van der Waals surface area (Å²) < 4.78 is 24.5. The van der Waals surface area contributed by atoms with Crippen LogP contribution in [0.1, 0.15) is 19.8 Å². The second kappa shape index (κ2) is 10.9. The largest absolute Gasteiger partial charge is 0.379 e. The van der Waals surface area contributed by atoms with E-state index in [4.69, 9.17) is 23.7 Å². The Morgan fingerprint density at radius 1 is 0.706 bits per heavy atom. The van der Waals surface area contributed by atoms with Gasteiger partial charge in [0, 0.05) is 6.61 Å². The SMILES string of the molecule is C1COCCO1.C1COCO1.CC1CCCO1. The minimum Gasteiger partial charge on any atom is -0.379 e. The van der Waals surface area contributed by atoms with Crippen molar-refractivity contribution in [2.24, 2.45) is 0 Å². The first-order valence-corrected chi connectivity index (χ1v) is 6.32. The summed E-state index contributed by atoms with van der Waals surface area (Å²) in [4.78, 5) is 0. The predicted molar refractivity (Wildman–Crippen MR) is 63.1 cm³/mol. The maximum Gasteiger partial charge on any atom is 0.146 e. The van der Waals surface area contributed by atoms with E-state index >= 15 is 0 Å². The Bertz CT molecular complexity index is 132. The Balaban J connectivity index is 0.000000128. The highest BCUT2D eigenvalue weighted by atomic mass is 16.7. The van der Waals surface area contributed by atoms with Gasteiger partial charge >= 0.3 is 0 Å². The summed E-state index contributed by atoms with van der Waals surface area (Å²) in [5, 5.41) is 0. The summed E-state index contributed by atoms with van der Waals surface area (Å²) in [5.41, 5.74) is 0. The third-order valence-corrected chi connectivity index (χ3v) is 2.44. The van der Waals surface area contributed by atoms with Crippen molar-refractivity contribution in [2.75, 3.05) is 53.0 Å². The molecule has 0 aromatic carbocycles. The molecule has 0 amide bonds. The van der Waals surface area contributed by atoms with Gasteiger partial charge in [0.2, 0.25) is 0 Å². The third-order valence-electron chi connectivity index (χ3n) is 2.44. The molecule has 3 rings (SSSR count). The van der Waals surface area contributed by atoms with Gasteiger partial charge in [-0.15, -0.1) is 0 Å². The average Bonchev–Trinajstić information content (AvgIpc) is 3.07. The summed E-state index contributed by atoms with van der Waals surface area (Å²) in [6, 6.07) is 0. The molecule has 0 spiro atoms. The van der Waals surface area contributed by atoms with E-state index in [1.54, 1.807) is 0 Å². The minimum absolute atomic E-state index is 0.500. The van der Waals surface area contributed by atoms with E-state index in [1.165, 1.54) is 12.8 Å². The zero-order valence-corrected chi connectivity index (χ0v) is 10.7. The van der Waals surface area contributed by atoms with E-state index in [0.29, 0.717) is 12.9 Å². The topological polar surface area (TPSA) is 46.2 Å². The van der Waals surface area contributed by atoms with Crippen LogP contribution in [-0.4, -0.2) is 59.1 Å². The molecule has 0 saturated carbocycles. The number of rotatable bonds is 0. The Labute approximate surface area is 103 Å². The molecule has 0 radical (unpaired) electrons.